The van der Waals surface area contributed by atoms with Crippen molar-refractivity contribution in [1.82, 2.24) is 4.98 Å². The Kier molecular flexibility index (Phi) is 3.41. The number of rotatable bonds is 3. The Morgan fingerprint density at radius 2 is 2.43 bits per heavy atom. The van der Waals surface area contributed by atoms with Gasteiger partial charge in [-0.1, -0.05) is 0 Å². The molecule has 0 saturated heterocycles. The lowest BCUT2D eigenvalue weighted by Crippen LogP contribution is -2.16. The van der Waals surface area contributed by atoms with Gasteiger partial charge in [0.15, 0.2) is 5.69 Å². The van der Waals surface area contributed by atoms with Gasteiger partial charge in [-0.25, -0.2) is 9.78 Å². The fourth-order valence-corrected chi connectivity index (χ4v) is 1.09. The summed E-state index contributed by atoms with van der Waals surface area (Å²) in [5.74, 6) is 4.82. The number of ether oxygens (including phenoxy) is 1. The van der Waals surface area contributed by atoms with E-state index in [0.29, 0.717) is 12.3 Å². The van der Waals surface area contributed by atoms with E-state index in [1.54, 1.807) is 19.2 Å². The van der Waals surface area contributed by atoms with E-state index in [2.05, 4.69) is 10.4 Å². The van der Waals surface area contributed by atoms with Crippen molar-refractivity contribution in [3.8, 4) is 0 Å². The molecule has 1 rings (SSSR count). The van der Waals surface area contributed by atoms with Gasteiger partial charge in [0.25, 0.3) is 0 Å². The van der Waals surface area contributed by atoms with Crippen LogP contribution >= 0.6 is 0 Å². The summed E-state index contributed by atoms with van der Waals surface area (Å²) in [4.78, 5) is 15.3. The quantitative estimate of drug-likeness (QED) is 0.425. The van der Waals surface area contributed by atoms with Crippen molar-refractivity contribution in [3.05, 3.63) is 23.5 Å². The zero-order chi connectivity index (χ0) is 10.6. The lowest BCUT2D eigenvalue weighted by molar-refractivity contribution is 0.0520. The molecule has 1 heterocycles. The molecule has 0 spiro atoms. The second-order valence-corrected chi connectivity index (χ2v) is 2.72. The molecule has 0 radical (unpaired) electrons. The summed E-state index contributed by atoms with van der Waals surface area (Å²) in [7, 11) is 0. The first-order valence-electron chi connectivity index (χ1n) is 4.30. The lowest BCUT2D eigenvalue weighted by Gasteiger charge is -2.09. The van der Waals surface area contributed by atoms with Crippen LogP contribution in [0.3, 0.4) is 0 Å². The zero-order valence-corrected chi connectivity index (χ0v) is 8.20. The van der Waals surface area contributed by atoms with E-state index in [-0.39, 0.29) is 5.69 Å². The number of hydrogen-bond acceptors (Lipinski definition) is 5. The van der Waals surface area contributed by atoms with E-state index in [1.165, 1.54) is 0 Å². The van der Waals surface area contributed by atoms with Gasteiger partial charge in [0.2, 0.25) is 0 Å². The number of nitrogens with zero attached hydrogens (tertiary/aromatic N) is 1. The van der Waals surface area contributed by atoms with E-state index in [0.717, 1.165) is 5.56 Å². The highest BCUT2D eigenvalue weighted by Crippen LogP contribution is 2.17. The molecule has 1 aromatic heterocycles. The second kappa shape index (κ2) is 4.57. The van der Waals surface area contributed by atoms with Gasteiger partial charge in [-0.2, -0.15) is 0 Å². The number of pyridine rings is 1. The number of esters is 1. The smallest absolute Gasteiger partial charge is 0.359 e. The molecule has 0 aliphatic heterocycles. The van der Waals surface area contributed by atoms with Gasteiger partial charge in [-0.15, -0.1) is 0 Å². The molecule has 1 aromatic rings. The first-order chi connectivity index (χ1) is 6.70. The predicted octanol–water partition coefficient (Wildman–Crippen LogP) is 0.852. The molecule has 0 unspecified atom stereocenters. The van der Waals surface area contributed by atoms with Crippen LogP contribution in [0.25, 0.3) is 0 Å². The van der Waals surface area contributed by atoms with E-state index in [4.69, 9.17) is 10.6 Å². The SMILES string of the molecule is CCOC(=O)c1nccc(C)c1NN. The molecule has 14 heavy (non-hydrogen) atoms. The second-order valence-electron chi connectivity index (χ2n) is 2.72. The standard InChI is InChI=1S/C9H13N3O2/c1-3-14-9(13)8-7(12-10)6(2)4-5-11-8/h4-5,12H,3,10H2,1-2H3. The minimum absolute atomic E-state index is 0.217. The van der Waals surface area contributed by atoms with Crippen LogP contribution in [0.4, 0.5) is 5.69 Å². The van der Waals surface area contributed by atoms with Crippen molar-refractivity contribution in [1.29, 1.82) is 0 Å². The fourth-order valence-electron chi connectivity index (χ4n) is 1.09. The molecule has 3 N–H and O–H groups in total. The van der Waals surface area contributed by atoms with Gasteiger partial charge in [-0.05, 0) is 25.5 Å². The molecule has 5 heteroatoms. The Balaban J connectivity index is 3.07. The fraction of sp³-hybridized carbons (Fsp3) is 0.333. The molecule has 0 bridgehead atoms. The van der Waals surface area contributed by atoms with Crippen molar-refractivity contribution in [3.63, 3.8) is 0 Å². The largest absolute Gasteiger partial charge is 0.461 e. The highest BCUT2D eigenvalue weighted by molar-refractivity contribution is 5.94. The van der Waals surface area contributed by atoms with Gasteiger partial charge >= 0.3 is 5.97 Å². The highest BCUT2D eigenvalue weighted by atomic mass is 16.5. The Hall–Kier alpha value is -1.62. The molecule has 5 nitrogen and oxygen atoms in total. The lowest BCUT2D eigenvalue weighted by atomic mass is 10.2. The third kappa shape index (κ3) is 2.00. The maximum Gasteiger partial charge on any atom is 0.359 e. The first kappa shape index (κ1) is 10.5. The van der Waals surface area contributed by atoms with Gasteiger partial charge < -0.3 is 10.2 Å². The van der Waals surface area contributed by atoms with Crippen LogP contribution in [0.5, 0.6) is 0 Å². The van der Waals surface area contributed by atoms with E-state index >= 15 is 0 Å². The molecule has 0 aliphatic rings. The maximum atomic E-state index is 11.4. The number of aryl methyl sites for hydroxylation is 1. The Labute approximate surface area is 82.2 Å². The van der Waals surface area contributed by atoms with Crippen molar-refractivity contribution in [2.45, 2.75) is 13.8 Å². The zero-order valence-electron chi connectivity index (χ0n) is 8.20. The van der Waals surface area contributed by atoms with Crippen molar-refractivity contribution < 1.29 is 9.53 Å². The topological polar surface area (TPSA) is 77.2 Å². The average Bonchev–Trinajstić information content (AvgIpc) is 2.17. The van der Waals surface area contributed by atoms with Crippen molar-refractivity contribution in [2.24, 2.45) is 5.84 Å². The molecule has 0 aromatic carbocycles. The highest BCUT2D eigenvalue weighted by Gasteiger charge is 2.14. The summed E-state index contributed by atoms with van der Waals surface area (Å²) in [5, 5.41) is 0. The van der Waals surface area contributed by atoms with Gasteiger partial charge in [0, 0.05) is 6.20 Å². The molecular formula is C9H13N3O2. The predicted molar refractivity (Wildman–Crippen MR) is 52.7 cm³/mol. The number of carbonyl (C=O) groups is 1. The number of hydrogen-bond donors (Lipinski definition) is 2. The summed E-state index contributed by atoms with van der Waals surface area (Å²) in [6.07, 6.45) is 1.54. The minimum Gasteiger partial charge on any atom is -0.461 e. The number of nitrogens with two attached hydrogens (primary N) is 1. The van der Waals surface area contributed by atoms with E-state index in [9.17, 15) is 4.79 Å². The van der Waals surface area contributed by atoms with Crippen LogP contribution < -0.4 is 11.3 Å². The number of carbonyl (C=O) groups excluding carboxylic acids is 1. The minimum atomic E-state index is -0.468. The third-order valence-corrected chi connectivity index (χ3v) is 1.77. The first-order valence-corrected chi connectivity index (χ1v) is 4.30. The van der Waals surface area contributed by atoms with Crippen LogP contribution in [-0.4, -0.2) is 17.6 Å². The Bertz CT molecular complexity index is 339. The number of hydrazine groups is 1. The summed E-state index contributed by atoms with van der Waals surface area (Å²) in [5.41, 5.74) is 4.01. The van der Waals surface area contributed by atoms with E-state index < -0.39 is 5.97 Å². The number of nitrogens with one attached hydrogen (secondary N) is 1. The van der Waals surface area contributed by atoms with Gasteiger partial charge in [-0.3, -0.25) is 5.84 Å². The average molecular weight is 195 g/mol. The number of nitrogen functional groups attached to an aromatic ring is 1. The summed E-state index contributed by atoms with van der Waals surface area (Å²) < 4.78 is 4.83. The molecule has 0 saturated carbocycles. The molecule has 0 aliphatic carbocycles. The molecule has 0 fully saturated rings. The molecular weight excluding hydrogens is 182 g/mol. The molecule has 76 valence electrons. The van der Waals surface area contributed by atoms with Crippen molar-refractivity contribution >= 4 is 11.7 Å². The number of aromatic nitrogens is 1. The number of anilines is 1. The third-order valence-electron chi connectivity index (χ3n) is 1.77. The van der Waals surface area contributed by atoms with Gasteiger partial charge in [0.05, 0.1) is 12.3 Å². The van der Waals surface area contributed by atoms with Gasteiger partial charge in [0.1, 0.15) is 0 Å². The maximum absolute atomic E-state index is 11.4. The molecule has 0 atom stereocenters. The van der Waals surface area contributed by atoms with Crippen LogP contribution in [0, 0.1) is 6.92 Å². The van der Waals surface area contributed by atoms with Crippen LogP contribution in [0.2, 0.25) is 0 Å². The Morgan fingerprint density at radius 1 is 1.71 bits per heavy atom. The summed E-state index contributed by atoms with van der Waals surface area (Å²) >= 11 is 0. The van der Waals surface area contributed by atoms with Crippen LogP contribution in [0.1, 0.15) is 23.0 Å². The summed E-state index contributed by atoms with van der Waals surface area (Å²) in [6.45, 7) is 3.89. The normalized spacial score (nSPS) is 9.64. The van der Waals surface area contributed by atoms with Crippen molar-refractivity contribution in [2.75, 3.05) is 12.0 Å². The van der Waals surface area contributed by atoms with E-state index in [1.807, 2.05) is 6.92 Å². The van der Waals surface area contributed by atoms with Crippen LogP contribution in [0.15, 0.2) is 12.3 Å². The summed E-state index contributed by atoms with van der Waals surface area (Å²) in [6, 6.07) is 1.76. The van der Waals surface area contributed by atoms with Crippen LogP contribution in [-0.2, 0) is 4.74 Å². The Morgan fingerprint density at radius 3 is 3.00 bits per heavy atom. The molecule has 0 amide bonds. The monoisotopic (exact) mass is 195 g/mol.